The van der Waals surface area contributed by atoms with Crippen LogP contribution in [0.25, 0.3) is 0 Å². The van der Waals surface area contributed by atoms with Gasteiger partial charge >= 0.3 is 0 Å². The number of carbonyl (C=O) groups excluding carboxylic acids is 1. The maximum atomic E-state index is 14.2. The van der Waals surface area contributed by atoms with E-state index in [2.05, 4.69) is 6.07 Å². The highest BCUT2D eigenvalue weighted by molar-refractivity contribution is 6.32. The van der Waals surface area contributed by atoms with Gasteiger partial charge in [-0.05, 0) is 24.0 Å². The molecule has 1 unspecified atom stereocenters. The van der Waals surface area contributed by atoms with Crippen LogP contribution in [0.2, 0.25) is 5.02 Å². The number of benzene rings is 2. The number of aldehydes is 1. The van der Waals surface area contributed by atoms with Gasteiger partial charge in [0.1, 0.15) is 22.6 Å². The fourth-order valence-electron chi connectivity index (χ4n) is 2.75. The van der Waals surface area contributed by atoms with E-state index in [1.54, 1.807) is 0 Å². The Morgan fingerprint density at radius 1 is 1.32 bits per heavy atom. The van der Waals surface area contributed by atoms with Crippen LogP contribution in [0.3, 0.4) is 0 Å². The van der Waals surface area contributed by atoms with Gasteiger partial charge in [0.2, 0.25) is 0 Å². The van der Waals surface area contributed by atoms with Crippen LogP contribution in [-0.4, -0.2) is 13.4 Å². The predicted molar refractivity (Wildman–Crippen MR) is 81.5 cm³/mol. The Labute approximate surface area is 132 Å². The van der Waals surface area contributed by atoms with Crippen molar-refractivity contribution >= 4 is 17.9 Å². The molecule has 0 bridgehead atoms. The molecule has 0 fully saturated rings. The molecule has 0 spiro atoms. The maximum Gasteiger partial charge on any atom is 0.159 e. The molecule has 0 aliphatic heterocycles. The fraction of sp³-hybridized carbons (Fsp3) is 0.235. The summed E-state index contributed by atoms with van der Waals surface area (Å²) in [5, 5.41) is -0.202. The molecule has 0 saturated heterocycles. The molecule has 2 aromatic rings. The molecule has 0 aromatic heterocycles. The number of hydrogen-bond acceptors (Lipinski definition) is 3. The van der Waals surface area contributed by atoms with E-state index in [-0.39, 0.29) is 28.2 Å². The summed E-state index contributed by atoms with van der Waals surface area (Å²) >= 11 is 6.00. The van der Waals surface area contributed by atoms with E-state index in [0.29, 0.717) is 6.29 Å². The lowest BCUT2D eigenvalue weighted by Gasteiger charge is -2.18. The Hall–Kier alpha value is -2.07. The monoisotopic (exact) mass is 320 g/mol. The lowest BCUT2D eigenvalue weighted by atomic mass is 10.1. The Morgan fingerprint density at radius 2 is 2.09 bits per heavy atom. The van der Waals surface area contributed by atoms with Crippen molar-refractivity contribution in [3.63, 3.8) is 0 Å². The summed E-state index contributed by atoms with van der Waals surface area (Å²) in [7, 11) is 1.37. The number of methoxy groups -OCH3 is 1. The topological polar surface area (TPSA) is 35.5 Å². The normalized spacial score (nSPS) is 16.2. The third-order valence-electron chi connectivity index (χ3n) is 3.86. The highest BCUT2D eigenvalue weighted by Gasteiger charge is 2.26. The zero-order valence-corrected chi connectivity index (χ0v) is 12.7. The minimum Gasteiger partial charge on any atom is -0.496 e. The summed E-state index contributed by atoms with van der Waals surface area (Å²) in [6, 6.07) is 9.43. The van der Waals surface area contributed by atoms with Gasteiger partial charge in [-0.2, -0.15) is 0 Å². The molecule has 0 N–H and O–H groups in total. The molecule has 114 valence electrons. The molecule has 0 radical (unpaired) electrons. The van der Waals surface area contributed by atoms with E-state index in [1.165, 1.54) is 18.7 Å². The molecular formula is C17H14ClFO3. The number of aryl methyl sites for hydroxylation is 1. The number of ether oxygens (including phenoxy) is 2. The van der Waals surface area contributed by atoms with E-state index in [9.17, 15) is 9.18 Å². The summed E-state index contributed by atoms with van der Waals surface area (Å²) in [6.07, 6.45) is 1.91. The minimum atomic E-state index is -0.822. The average molecular weight is 321 g/mol. The predicted octanol–water partition coefficient (Wildman–Crippen LogP) is 4.37. The molecule has 1 aliphatic rings. The van der Waals surface area contributed by atoms with Crippen LogP contribution < -0.4 is 9.47 Å². The van der Waals surface area contributed by atoms with E-state index < -0.39 is 5.82 Å². The first-order chi connectivity index (χ1) is 10.7. The van der Waals surface area contributed by atoms with Gasteiger partial charge in [-0.15, -0.1) is 0 Å². The Morgan fingerprint density at radius 3 is 2.82 bits per heavy atom. The standard InChI is InChI=1S/C17H14ClFO3/c1-21-14-8-15(16(18)17(19)12(14)9-20)22-13-7-6-10-4-2-3-5-11(10)13/h2-5,8-9,13H,6-7H2,1H3. The highest BCUT2D eigenvalue weighted by atomic mass is 35.5. The van der Waals surface area contributed by atoms with Gasteiger partial charge in [-0.25, -0.2) is 4.39 Å². The molecule has 3 rings (SSSR count). The van der Waals surface area contributed by atoms with Gasteiger partial charge < -0.3 is 9.47 Å². The van der Waals surface area contributed by atoms with Crippen molar-refractivity contribution < 1.29 is 18.7 Å². The first-order valence-corrected chi connectivity index (χ1v) is 7.29. The molecule has 22 heavy (non-hydrogen) atoms. The maximum absolute atomic E-state index is 14.2. The SMILES string of the molecule is COc1cc(OC2CCc3ccccc32)c(Cl)c(F)c1C=O. The van der Waals surface area contributed by atoms with Gasteiger partial charge in [-0.3, -0.25) is 4.79 Å². The second-order valence-electron chi connectivity index (χ2n) is 5.08. The Bertz CT molecular complexity index is 730. The van der Waals surface area contributed by atoms with Crippen molar-refractivity contribution in [2.24, 2.45) is 0 Å². The number of rotatable bonds is 4. The Kier molecular flexibility index (Phi) is 4.03. The quantitative estimate of drug-likeness (QED) is 0.785. The van der Waals surface area contributed by atoms with Crippen LogP contribution >= 0.6 is 11.6 Å². The van der Waals surface area contributed by atoms with Crippen LogP contribution in [0.15, 0.2) is 30.3 Å². The second kappa shape index (κ2) is 5.97. The first kappa shape index (κ1) is 14.9. The minimum absolute atomic E-state index is 0.109. The van der Waals surface area contributed by atoms with Gasteiger partial charge in [0, 0.05) is 6.07 Å². The lowest BCUT2D eigenvalue weighted by Crippen LogP contribution is -2.06. The third kappa shape index (κ3) is 2.44. The van der Waals surface area contributed by atoms with Gasteiger partial charge in [0.05, 0.1) is 12.7 Å². The van der Waals surface area contributed by atoms with Crippen LogP contribution in [0.4, 0.5) is 4.39 Å². The molecule has 1 aliphatic carbocycles. The zero-order chi connectivity index (χ0) is 15.7. The fourth-order valence-corrected chi connectivity index (χ4v) is 2.95. The lowest BCUT2D eigenvalue weighted by molar-refractivity contribution is 0.111. The van der Waals surface area contributed by atoms with Gasteiger partial charge in [0.15, 0.2) is 12.1 Å². The number of hydrogen-bond donors (Lipinski definition) is 0. The zero-order valence-electron chi connectivity index (χ0n) is 11.9. The molecule has 0 amide bonds. The van der Waals surface area contributed by atoms with E-state index >= 15 is 0 Å². The van der Waals surface area contributed by atoms with Crippen molar-refractivity contribution in [1.29, 1.82) is 0 Å². The van der Waals surface area contributed by atoms with Gasteiger partial charge in [0.25, 0.3) is 0 Å². The summed E-state index contributed by atoms with van der Waals surface area (Å²) in [5.41, 5.74) is 2.10. The molecule has 0 saturated carbocycles. The van der Waals surface area contributed by atoms with Crippen molar-refractivity contribution in [2.45, 2.75) is 18.9 Å². The van der Waals surface area contributed by atoms with Crippen molar-refractivity contribution in [3.05, 3.63) is 57.9 Å². The molecular weight excluding hydrogens is 307 g/mol. The number of carbonyl (C=O) groups is 1. The largest absolute Gasteiger partial charge is 0.496 e. The highest BCUT2D eigenvalue weighted by Crippen LogP contribution is 2.40. The smallest absolute Gasteiger partial charge is 0.159 e. The molecule has 2 aromatic carbocycles. The van der Waals surface area contributed by atoms with Crippen LogP contribution in [-0.2, 0) is 6.42 Å². The first-order valence-electron chi connectivity index (χ1n) is 6.91. The van der Waals surface area contributed by atoms with Crippen molar-refractivity contribution in [3.8, 4) is 11.5 Å². The average Bonchev–Trinajstić information content (AvgIpc) is 2.95. The summed E-state index contributed by atoms with van der Waals surface area (Å²) < 4.78 is 25.1. The Balaban J connectivity index is 1.97. The second-order valence-corrected chi connectivity index (χ2v) is 5.46. The molecule has 5 heteroatoms. The van der Waals surface area contributed by atoms with Crippen molar-refractivity contribution in [1.82, 2.24) is 0 Å². The molecule has 0 heterocycles. The molecule has 1 atom stereocenters. The van der Waals surface area contributed by atoms with Crippen LogP contribution in [0, 0.1) is 5.82 Å². The summed E-state index contributed by atoms with van der Waals surface area (Å²) in [5.74, 6) is -0.529. The third-order valence-corrected chi connectivity index (χ3v) is 4.21. The van der Waals surface area contributed by atoms with E-state index in [4.69, 9.17) is 21.1 Å². The number of halogens is 2. The van der Waals surface area contributed by atoms with Gasteiger partial charge in [-0.1, -0.05) is 35.9 Å². The summed E-state index contributed by atoms with van der Waals surface area (Å²) in [6.45, 7) is 0. The number of fused-ring (bicyclic) bond motifs is 1. The summed E-state index contributed by atoms with van der Waals surface area (Å²) in [4.78, 5) is 11.0. The van der Waals surface area contributed by atoms with E-state index in [0.717, 1.165) is 18.4 Å². The molecule has 3 nitrogen and oxygen atoms in total. The van der Waals surface area contributed by atoms with Crippen LogP contribution in [0.5, 0.6) is 11.5 Å². The van der Waals surface area contributed by atoms with E-state index in [1.807, 2.05) is 18.2 Å². The van der Waals surface area contributed by atoms with Crippen LogP contribution in [0.1, 0.15) is 34.0 Å². The van der Waals surface area contributed by atoms with Crippen molar-refractivity contribution in [2.75, 3.05) is 7.11 Å².